The van der Waals surface area contributed by atoms with Gasteiger partial charge in [-0.25, -0.2) is 13.2 Å². The minimum absolute atomic E-state index is 0.0113. The molecule has 0 aliphatic rings. The van der Waals surface area contributed by atoms with Gasteiger partial charge in [0.15, 0.2) is 0 Å². The number of anilines is 2. The van der Waals surface area contributed by atoms with E-state index >= 15 is 0 Å². The average Bonchev–Trinajstić information content (AvgIpc) is 2.94. The van der Waals surface area contributed by atoms with E-state index in [0.717, 1.165) is 5.56 Å². The van der Waals surface area contributed by atoms with Gasteiger partial charge in [0.05, 0.1) is 45.6 Å². The van der Waals surface area contributed by atoms with Crippen LogP contribution in [0.2, 0.25) is 5.02 Å². The van der Waals surface area contributed by atoms with Crippen LogP contribution in [0.5, 0.6) is 0 Å². The fourth-order valence-electron chi connectivity index (χ4n) is 3.80. The van der Waals surface area contributed by atoms with Crippen molar-refractivity contribution in [3.63, 3.8) is 0 Å². The fourth-order valence-corrected chi connectivity index (χ4v) is 5.52. The normalized spacial score (nSPS) is 11.0. The quantitative estimate of drug-likeness (QED) is 0.253. The summed E-state index contributed by atoms with van der Waals surface area (Å²) in [7, 11) is -4.03. The van der Waals surface area contributed by atoms with Crippen LogP contribution in [0.4, 0.5) is 11.4 Å². The van der Waals surface area contributed by atoms with Crippen LogP contribution in [0.3, 0.4) is 0 Å². The summed E-state index contributed by atoms with van der Waals surface area (Å²) < 4.78 is 33.8. The lowest BCUT2D eigenvalue weighted by molar-refractivity contribution is 0.0526. The van der Waals surface area contributed by atoms with E-state index in [4.69, 9.17) is 16.3 Å². The highest BCUT2D eigenvalue weighted by atomic mass is 35.5. The minimum atomic E-state index is -4.03. The van der Waals surface area contributed by atoms with E-state index in [0.29, 0.717) is 0 Å². The van der Waals surface area contributed by atoms with Crippen LogP contribution in [0.25, 0.3) is 0 Å². The molecule has 0 radical (unpaired) electrons. The van der Waals surface area contributed by atoms with Crippen molar-refractivity contribution >= 4 is 44.9 Å². The minimum Gasteiger partial charge on any atom is -0.462 e. The molecule has 0 spiro atoms. The molecule has 0 bridgehead atoms. The first-order chi connectivity index (χ1) is 18.3. The molecule has 1 amide bonds. The Morgan fingerprint density at radius 1 is 0.868 bits per heavy atom. The Morgan fingerprint density at radius 3 is 2.16 bits per heavy atom. The molecule has 1 N–H and O–H groups in total. The number of hydrogen-bond donors (Lipinski definition) is 1. The van der Waals surface area contributed by atoms with Crippen LogP contribution in [0, 0.1) is 0 Å². The summed E-state index contributed by atoms with van der Waals surface area (Å²) in [4.78, 5) is 25.5. The van der Waals surface area contributed by atoms with Gasteiger partial charge in [0, 0.05) is 0 Å². The largest absolute Gasteiger partial charge is 0.462 e. The Morgan fingerprint density at radius 2 is 1.50 bits per heavy atom. The van der Waals surface area contributed by atoms with E-state index in [1.54, 1.807) is 49.4 Å². The van der Waals surface area contributed by atoms with Crippen molar-refractivity contribution in [2.45, 2.75) is 18.4 Å². The maximum atomic E-state index is 13.8. The Bertz CT molecular complexity index is 1540. The van der Waals surface area contributed by atoms with Crippen LogP contribution in [-0.2, 0) is 21.3 Å². The summed E-state index contributed by atoms with van der Waals surface area (Å²) in [6, 6.07) is 28.0. The van der Waals surface area contributed by atoms with Crippen molar-refractivity contribution in [1.29, 1.82) is 0 Å². The first kappa shape index (κ1) is 26.9. The van der Waals surface area contributed by atoms with Crippen molar-refractivity contribution < 1.29 is 22.7 Å². The SMILES string of the molecule is CCOC(=O)c1ccc(NC(=O)c2ccccc2N(Cc2ccccc2)S(=O)(=O)c2ccccc2)c(Cl)c1. The molecular formula is C29H25ClN2O5S. The molecule has 0 fully saturated rings. The van der Waals surface area contributed by atoms with Gasteiger partial charge < -0.3 is 10.1 Å². The van der Waals surface area contributed by atoms with Gasteiger partial charge in [-0.1, -0.05) is 72.3 Å². The molecule has 38 heavy (non-hydrogen) atoms. The lowest BCUT2D eigenvalue weighted by Gasteiger charge is -2.26. The molecule has 0 unspecified atom stereocenters. The smallest absolute Gasteiger partial charge is 0.338 e. The van der Waals surface area contributed by atoms with Gasteiger partial charge in [0.2, 0.25) is 0 Å². The molecule has 0 aromatic heterocycles. The summed E-state index contributed by atoms with van der Waals surface area (Å²) in [6.07, 6.45) is 0. The van der Waals surface area contributed by atoms with E-state index < -0.39 is 21.9 Å². The number of esters is 1. The number of nitrogens with one attached hydrogen (secondary N) is 1. The Balaban J connectivity index is 1.72. The molecule has 0 saturated carbocycles. The van der Waals surface area contributed by atoms with E-state index in [-0.39, 0.29) is 45.6 Å². The first-order valence-corrected chi connectivity index (χ1v) is 13.6. The maximum absolute atomic E-state index is 13.8. The van der Waals surface area contributed by atoms with Crippen molar-refractivity contribution in [3.05, 3.63) is 125 Å². The summed E-state index contributed by atoms with van der Waals surface area (Å²) in [5, 5.41) is 2.87. The van der Waals surface area contributed by atoms with Gasteiger partial charge in [0.25, 0.3) is 15.9 Å². The number of nitrogens with zero attached hydrogens (tertiary/aromatic N) is 1. The zero-order chi connectivity index (χ0) is 27.1. The number of ether oxygens (including phenoxy) is 1. The number of carbonyl (C=O) groups excluding carboxylic acids is 2. The number of rotatable bonds is 9. The van der Waals surface area contributed by atoms with Crippen LogP contribution in [0.15, 0.2) is 108 Å². The number of benzene rings is 4. The lowest BCUT2D eigenvalue weighted by atomic mass is 10.1. The first-order valence-electron chi connectivity index (χ1n) is 11.8. The molecule has 0 aliphatic heterocycles. The molecule has 194 valence electrons. The topological polar surface area (TPSA) is 92.8 Å². The standard InChI is InChI=1S/C29H25ClN2O5S/c1-2-37-29(34)22-17-18-26(25(30)19-22)31-28(33)24-15-9-10-16-27(24)32(20-21-11-5-3-6-12-21)38(35,36)23-13-7-4-8-14-23/h3-19H,2,20H2,1H3,(H,31,33). The highest BCUT2D eigenvalue weighted by molar-refractivity contribution is 7.92. The highest BCUT2D eigenvalue weighted by Gasteiger charge is 2.28. The van der Waals surface area contributed by atoms with Crippen molar-refractivity contribution in [2.75, 3.05) is 16.2 Å². The Hall–Kier alpha value is -4.14. The monoisotopic (exact) mass is 548 g/mol. The summed E-state index contributed by atoms with van der Waals surface area (Å²) in [5.74, 6) is -1.09. The fraction of sp³-hybridized carbons (Fsp3) is 0.103. The number of sulfonamides is 1. The number of para-hydroxylation sites is 1. The summed E-state index contributed by atoms with van der Waals surface area (Å²) in [5.41, 5.74) is 1.60. The molecule has 9 heteroatoms. The van der Waals surface area contributed by atoms with E-state index in [2.05, 4.69) is 5.32 Å². The number of halogens is 1. The van der Waals surface area contributed by atoms with E-state index in [1.807, 2.05) is 30.3 Å². The highest BCUT2D eigenvalue weighted by Crippen LogP contribution is 2.31. The van der Waals surface area contributed by atoms with Gasteiger partial charge in [-0.15, -0.1) is 0 Å². The van der Waals surface area contributed by atoms with Crippen LogP contribution in [0.1, 0.15) is 33.2 Å². The molecule has 4 aromatic rings. The predicted octanol–water partition coefficient (Wildman–Crippen LogP) is 6.16. The van der Waals surface area contributed by atoms with Crippen LogP contribution in [-0.4, -0.2) is 26.9 Å². The molecule has 0 saturated heterocycles. The molecule has 0 heterocycles. The molecule has 4 aromatic carbocycles. The second kappa shape index (κ2) is 11.9. The Kier molecular flexibility index (Phi) is 8.45. The van der Waals surface area contributed by atoms with Crippen LogP contribution >= 0.6 is 11.6 Å². The average molecular weight is 549 g/mol. The van der Waals surface area contributed by atoms with Gasteiger partial charge in [-0.3, -0.25) is 9.10 Å². The molecule has 4 rings (SSSR count). The van der Waals surface area contributed by atoms with E-state index in [1.165, 1.54) is 34.6 Å². The Labute approximate surface area is 226 Å². The third-order valence-electron chi connectivity index (χ3n) is 5.65. The van der Waals surface area contributed by atoms with Gasteiger partial charge in [0.1, 0.15) is 0 Å². The molecule has 0 aliphatic carbocycles. The van der Waals surface area contributed by atoms with E-state index in [9.17, 15) is 18.0 Å². The van der Waals surface area contributed by atoms with Gasteiger partial charge in [-0.05, 0) is 55.0 Å². The lowest BCUT2D eigenvalue weighted by Crippen LogP contribution is -2.32. The predicted molar refractivity (Wildman–Crippen MR) is 148 cm³/mol. The van der Waals surface area contributed by atoms with Crippen molar-refractivity contribution in [2.24, 2.45) is 0 Å². The zero-order valence-electron chi connectivity index (χ0n) is 20.5. The van der Waals surface area contributed by atoms with Crippen molar-refractivity contribution in [3.8, 4) is 0 Å². The van der Waals surface area contributed by atoms with Crippen LogP contribution < -0.4 is 9.62 Å². The third-order valence-corrected chi connectivity index (χ3v) is 7.73. The second-order valence-electron chi connectivity index (χ2n) is 8.20. The van der Waals surface area contributed by atoms with Gasteiger partial charge in [-0.2, -0.15) is 0 Å². The van der Waals surface area contributed by atoms with Gasteiger partial charge >= 0.3 is 5.97 Å². The molecule has 7 nitrogen and oxygen atoms in total. The second-order valence-corrected chi connectivity index (χ2v) is 10.5. The number of carbonyl (C=O) groups is 2. The summed E-state index contributed by atoms with van der Waals surface area (Å²) >= 11 is 6.34. The maximum Gasteiger partial charge on any atom is 0.338 e. The third kappa shape index (κ3) is 6.04. The van der Waals surface area contributed by atoms with Crippen molar-refractivity contribution in [1.82, 2.24) is 0 Å². The number of amides is 1. The molecule has 0 atom stereocenters. The zero-order valence-corrected chi connectivity index (χ0v) is 22.1. The molecular weight excluding hydrogens is 524 g/mol. The number of hydrogen-bond acceptors (Lipinski definition) is 5. The summed E-state index contributed by atoms with van der Waals surface area (Å²) in [6.45, 7) is 1.93.